The van der Waals surface area contributed by atoms with E-state index in [1.54, 1.807) is 40.5 Å². The van der Waals surface area contributed by atoms with Crippen molar-refractivity contribution in [1.29, 1.82) is 0 Å². The van der Waals surface area contributed by atoms with Gasteiger partial charge < -0.3 is 29.9 Å². The van der Waals surface area contributed by atoms with E-state index in [0.29, 0.717) is 35.0 Å². The molecule has 4 amide bonds. The number of nitrogens with zero attached hydrogens (tertiary/aromatic N) is 2. The summed E-state index contributed by atoms with van der Waals surface area (Å²) < 4.78 is 10.5. The van der Waals surface area contributed by atoms with Crippen LogP contribution in [0.1, 0.15) is 10.4 Å². The minimum Gasteiger partial charge on any atom is -0.497 e. The molecular formula is C25H24N4O5S. The Labute approximate surface area is 206 Å². The molecule has 0 radical (unpaired) electrons. The lowest BCUT2D eigenvalue weighted by Crippen LogP contribution is -2.60. The second-order valence-corrected chi connectivity index (χ2v) is 9.03. The van der Waals surface area contributed by atoms with Gasteiger partial charge in [-0.25, -0.2) is 4.79 Å². The van der Waals surface area contributed by atoms with Crippen molar-refractivity contribution in [2.24, 2.45) is 0 Å². The maximum Gasteiger partial charge on any atom is 0.321 e. The first kappa shape index (κ1) is 22.7. The summed E-state index contributed by atoms with van der Waals surface area (Å²) in [7, 11) is 3.06. The number of ether oxygens (including phenoxy) is 2. The van der Waals surface area contributed by atoms with Gasteiger partial charge in [-0.1, -0.05) is 6.07 Å². The Morgan fingerprint density at radius 3 is 2.49 bits per heavy atom. The number of urea groups is 1. The van der Waals surface area contributed by atoms with Gasteiger partial charge in [-0.2, -0.15) is 11.3 Å². The number of carbonyl (C=O) groups excluding carboxylic acids is 3. The number of hydrogen-bond acceptors (Lipinski definition) is 6. The van der Waals surface area contributed by atoms with Gasteiger partial charge >= 0.3 is 6.03 Å². The predicted molar refractivity (Wildman–Crippen MR) is 133 cm³/mol. The average molecular weight is 493 g/mol. The van der Waals surface area contributed by atoms with Crippen LogP contribution < -0.4 is 20.1 Å². The summed E-state index contributed by atoms with van der Waals surface area (Å²) in [6.07, 6.45) is 0. The maximum absolute atomic E-state index is 13.4. The molecule has 0 aliphatic carbocycles. The summed E-state index contributed by atoms with van der Waals surface area (Å²) in [5.41, 5.74) is 3.37. The lowest BCUT2D eigenvalue weighted by molar-refractivity contribution is -0.121. The highest BCUT2D eigenvalue weighted by molar-refractivity contribution is 7.08. The van der Waals surface area contributed by atoms with Gasteiger partial charge in [-0.3, -0.25) is 9.59 Å². The number of piperazine rings is 1. The van der Waals surface area contributed by atoms with E-state index in [0.717, 1.165) is 11.1 Å². The third-order valence-corrected chi connectivity index (χ3v) is 6.88. The highest BCUT2D eigenvalue weighted by Gasteiger charge is 2.40. The van der Waals surface area contributed by atoms with Crippen molar-refractivity contribution in [3.63, 3.8) is 0 Å². The molecule has 1 atom stereocenters. The van der Waals surface area contributed by atoms with Crippen LogP contribution in [0.2, 0.25) is 0 Å². The second kappa shape index (κ2) is 9.30. The van der Waals surface area contributed by atoms with Crippen LogP contribution in [0.4, 0.5) is 16.2 Å². The SMILES string of the molecule is COc1cc(NC(=O)N2CCN3C(=O)c4cc(-c5ccsc5)ccc4NC(=O)[C@@H]3C2)cc(OC)c1. The summed E-state index contributed by atoms with van der Waals surface area (Å²) in [6, 6.07) is 11.4. The first-order chi connectivity index (χ1) is 17.0. The van der Waals surface area contributed by atoms with E-state index >= 15 is 0 Å². The van der Waals surface area contributed by atoms with Crippen molar-refractivity contribution in [2.45, 2.75) is 6.04 Å². The maximum atomic E-state index is 13.4. The smallest absolute Gasteiger partial charge is 0.321 e. The van der Waals surface area contributed by atoms with Gasteiger partial charge in [-0.15, -0.1) is 0 Å². The van der Waals surface area contributed by atoms with Crippen LogP contribution in [-0.2, 0) is 4.79 Å². The number of anilines is 2. The third kappa shape index (κ3) is 4.40. The molecule has 1 aromatic heterocycles. The molecule has 0 spiro atoms. The fraction of sp³-hybridized carbons (Fsp3) is 0.240. The number of amides is 4. The quantitative estimate of drug-likeness (QED) is 0.578. The lowest BCUT2D eigenvalue weighted by atomic mass is 10.0. The molecule has 35 heavy (non-hydrogen) atoms. The number of nitrogens with one attached hydrogen (secondary N) is 2. The third-order valence-electron chi connectivity index (χ3n) is 6.20. The Morgan fingerprint density at radius 1 is 1.03 bits per heavy atom. The molecule has 2 N–H and O–H groups in total. The fourth-order valence-electron chi connectivity index (χ4n) is 4.33. The van der Waals surface area contributed by atoms with E-state index in [9.17, 15) is 14.4 Å². The van der Waals surface area contributed by atoms with Gasteiger partial charge in [0, 0.05) is 37.0 Å². The van der Waals surface area contributed by atoms with Gasteiger partial charge in [0.2, 0.25) is 5.91 Å². The van der Waals surface area contributed by atoms with Gasteiger partial charge in [-0.05, 0) is 40.1 Å². The molecule has 3 aromatic rings. The van der Waals surface area contributed by atoms with E-state index in [2.05, 4.69) is 10.6 Å². The number of carbonyl (C=O) groups is 3. The van der Waals surface area contributed by atoms with Crippen molar-refractivity contribution in [3.8, 4) is 22.6 Å². The van der Waals surface area contributed by atoms with Crippen LogP contribution in [0, 0.1) is 0 Å². The molecule has 0 bridgehead atoms. The number of fused-ring (bicyclic) bond motifs is 2. The standard InChI is InChI=1S/C25H24N4O5S/c1-33-18-10-17(11-19(12-18)34-2)26-25(32)28-6-7-29-22(13-28)23(30)27-21-4-3-15(9-20(21)24(29)31)16-5-8-35-14-16/h3-5,8-12,14,22H,6-7,13H2,1-2H3,(H,26,32)(H,27,30)/t22-/m0/s1. The second-order valence-electron chi connectivity index (χ2n) is 8.25. The van der Waals surface area contributed by atoms with E-state index < -0.39 is 6.04 Å². The molecule has 10 heteroatoms. The van der Waals surface area contributed by atoms with E-state index in [4.69, 9.17) is 9.47 Å². The van der Waals surface area contributed by atoms with Crippen LogP contribution in [-0.4, -0.2) is 67.5 Å². The van der Waals surface area contributed by atoms with Gasteiger partial charge in [0.25, 0.3) is 5.91 Å². The van der Waals surface area contributed by atoms with Gasteiger partial charge in [0.15, 0.2) is 0 Å². The van der Waals surface area contributed by atoms with Crippen LogP contribution in [0.5, 0.6) is 11.5 Å². The zero-order valence-electron chi connectivity index (χ0n) is 19.2. The molecule has 0 saturated carbocycles. The highest BCUT2D eigenvalue weighted by atomic mass is 32.1. The van der Waals surface area contributed by atoms with E-state index in [-0.39, 0.29) is 30.9 Å². The Kier molecular flexibility index (Phi) is 6.04. The fourth-order valence-corrected chi connectivity index (χ4v) is 4.99. The number of benzene rings is 2. The molecule has 0 unspecified atom stereocenters. The highest BCUT2D eigenvalue weighted by Crippen LogP contribution is 2.31. The largest absolute Gasteiger partial charge is 0.497 e. The van der Waals surface area contributed by atoms with Crippen molar-refractivity contribution in [2.75, 3.05) is 44.5 Å². The Morgan fingerprint density at radius 2 is 1.80 bits per heavy atom. The van der Waals surface area contributed by atoms with E-state index in [1.807, 2.05) is 29.0 Å². The number of methoxy groups -OCH3 is 2. The average Bonchev–Trinajstić information content (AvgIpc) is 3.40. The molecule has 3 heterocycles. The van der Waals surface area contributed by atoms with Crippen molar-refractivity contribution in [3.05, 3.63) is 58.8 Å². The summed E-state index contributed by atoms with van der Waals surface area (Å²) in [6.45, 7) is 0.617. The summed E-state index contributed by atoms with van der Waals surface area (Å²) in [4.78, 5) is 42.6. The van der Waals surface area contributed by atoms with Crippen LogP contribution >= 0.6 is 11.3 Å². The minimum atomic E-state index is -0.793. The number of rotatable bonds is 4. The number of thiophene rings is 1. The van der Waals surface area contributed by atoms with Crippen molar-refractivity contribution < 1.29 is 23.9 Å². The Hall–Kier alpha value is -4.05. The molecule has 9 nitrogen and oxygen atoms in total. The molecule has 1 fully saturated rings. The Bertz CT molecular complexity index is 1270. The van der Waals surface area contributed by atoms with Crippen molar-refractivity contribution >= 4 is 40.6 Å². The predicted octanol–water partition coefficient (Wildman–Crippen LogP) is 3.74. The first-order valence-electron chi connectivity index (χ1n) is 11.0. The molecule has 1 saturated heterocycles. The summed E-state index contributed by atoms with van der Waals surface area (Å²) in [5, 5.41) is 9.70. The Balaban J connectivity index is 1.34. The van der Waals surface area contributed by atoms with Crippen LogP contribution in [0.3, 0.4) is 0 Å². The van der Waals surface area contributed by atoms with Crippen LogP contribution in [0.15, 0.2) is 53.2 Å². The molecule has 5 rings (SSSR count). The first-order valence-corrected chi connectivity index (χ1v) is 12.0. The van der Waals surface area contributed by atoms with Gasteiger partial charge in [0.05, 0.1) is 32.0 Å². The molecule has 2 aliphatic rings. The molecule has 2 aromatic carbocycles. The summed E-state index contributed by atoms with van der Waals surface area (Å²) >= 11 is 1.58. The zero-order valence-corrected chi connectivity index (χ0v) is 20.1. The molecule has 2 aliphatic heterocycles. The van der Waals surface area contributed by atoms with Crippen molar-refractivity contribution in [1.82, 2.24) is 9.80 Å². The summed E-state index contributed by atoms with van der Waals surface area (Å²) in [5.74, 6) is 0.537. The normalized spacial score (nSPS) is 17.1. The van der Waals surface area contributed by atoms with E-state index in [1.165, 1.54) is 19.1 Å². The molecular weight excluding hydrogens is 468 g/mol. The monoisotopic (exact) mass is 492 g/mol. The van der Waals surface area contributed by atoms with Crippen LogP contribution in [0.25, 0.3) is 11.1 Å². The number of hydrogen-bond donors (Lipinski definition) is 2. The topological polar surface area (TPSA) is 100 Å². The lowest BCUT2D eigenvalue weighted by Gasteiger charge is -2.39. The van der Waals surface area contributed by atoms with Gasteiger partial charge in [0.1, 0.15) is 17.5 Å². The minimum absolute atomic E-state index is 0.0793. The molecule has 180 valence electrons. The zero-order chi connectivity index (χ0) is 24.5.